The van der Waals surface area contributed by atoms with E-state index in [2.05, 4.69) is 5.32 Å². The average Bonchev–Trinajstić information content (AvgIpc) is 3.30. The van der Waals surface area contributed by atoms with Gasteiger partial charge in [0.1, 0.15) is 12.4 Å². The number of esters is 1. The quantitative estimate of drug-likeness (QED) is 0.559. The molecule has 32 heavy (non-hydrogen) atoms. The standard InChI is InChI=1S/C21H26N2O8S/c1-12-8-14(12)20(24)22-16-10-18(29-5)17(28-4)9-15(16)21(25)30-11-13-6-7-19(31-13)32(26,27)23(2)3/h6-7,9-10,12,14H,8,11H2,1-5H3,(H,22,24). The summed E-state index contributed by atoms with van der Waals surface area (Å²) >= 11 is 0. The molecule has 1 aliphatic carbocycles. The first-order valence-electron chi connectivity index (χ1n) is 9.83. The third-order valence-corrected chi connectivity index (χ3v) is 6.85. The van der Waals surface area contributed by atoms with Crippen molar-refractivity contribution in [3.05, 3.63) is 35.6 Å². The first-order chi connectivity index (χ1) is 15.1. The zero-order valence-electron chi connectivity index (χ0n) is 18.5. The molecule has 0 aliphatic heterocycles. The molecule has 0 bridgehead atoms. The van der Waals surface area contributed by atoms with Gasteiger partial charge >= 0.3 is 5.97 Å². The fourth-order valence-corrected chi connectivity index (χ4v) is 3.85. The predicted octanol–water partition coefficient (Wildman–Crippen LogP) is 2.50. The number of carbonyl (C=O) groups is 2. The lowest BCUT2D eigenvalue weighted by atomic mass is 10.1. The molecule has 3 rings (SSSR count). The lowest BCUT2D eigenvalue weighted by Gasteiger charge is -2.15. The van der Waals surface area contributed by atoms with E-state index in [4.69, 9.17) is 18.6 Å². The molecule has 1 aromatic heterocycles. The number of nitrogens with one attached hydrogen (secondary N) is 1. The van der Waals surface area contributed by atoms with Crippen LogP contribution in [0.4, 0.5) is 5.69 Å². The smallest absolute Gasteiger partial charge is 0.340 e. The molecule has 0 saturated heterocycles. The summed E-state index contributed by atoms with van der Waals surface area (Å²) in [6, 6.07) is 5.61. The number of carbonyl (C=O) groups excluding carboxylic acids is 2. The van der Waals surface area contributed by atoms with Crippen LogP contribution in [-0.4, -0.2) is 52.9 Å². The second-order valence-electron chi connectivity index (χ2n) is 7.65. The summed E-state index contributed by atoms with van der Waals surface area (Å²) in [6.07, 6.45) is 0.787. The Morgan fingerprint density at radius 2 is 1.78 bits per heavy atom. The Labute approximate surface area is 186 Å². The van der Waals surface area contributed by atoms with Crippen molar-refractivity contribution in [2.75, 3.05) is 33.6 Å². The molecular weight excluding hydrogens is 440 g/mol. The maximum absolute atomic E-state index is 12.8. The van der Waals surface area contributed by atoms with Crippen molar-refractivity contribution in [3.63, 3.8) is 0 Å². The highest BCUT2D eigenvalue weighted by molar-refractivity contribution is 7.88. The number of methoxy groups -OCH3 is 2. The number of furan rings is 1. The van der Waals surface area contributed by atoms with E-state index in [9.17, 15) is 18.0 Å². The number of sulfonamides is 1. The van der Waals surface area contributed by atoms with Gasteiger partial charge in [0.05, 0.1) is 25.5 Å². The van der Waals surface area contributed by atoms with Gasteiger partial charge in [0.15, 0.2) is 11.5 Å². The van der Waals surface area contributed by atoms with Gasteiger partial charge in [-0.2, -0.15) is 0 Å². The summed E-state index contributed by atoms with van der Waals surface area (Å²) < 4.78 is 46.4. The lowest BCUT2D eigenvalue weighted by Crippen LogP contribution is -2.21. The van der Waals surface area contributed by atoms with Crippen molar-refractivity contribution in [1.82, 2.24) is 4.31 Å². The number of amides is 1. The van der Waals surface area contributed by atoms with Crippen LogP contribution in [0.3, 0.4) is 0 Å². The van der Waals surface area contributed by atoms with Gasteiger partial charge in [-0.1, -0.05) is 6.92 Å². The predicted molar refractivity (Wildman–Crippen MR) is 114 cm³/mol. The summed E-state index contributed by atoms with van der Waals surface area (Å²) in [7, 11) is 1.89. The first-order valence-corrected chi connectivity index (χ1v) is 11.3. The van der Waals surface area contributed by atoms with E-state index in [0.717, 1.165) is 10.7 Å². The van der Waals surface area contributed by atoms with Crippen molar-refractivity contribution in [3.8, 4) is 11.5 Å². The molecule has 1 N–H and O–H groups in total. The van der Waals surface area contributed by atoms with Gasteiger partial charge in [-0.05, 0) is 24.5 Å². The third-order valence-electron chi connectivity index (χ3n) is 5.17. The van der Waals surface area contributed by atoms with Crippen LogP contribution in [0.5, 0.6) is 11.5 Å². The molecule has 10 nitrogen and oxygen atoms in total. The van der Waals surface area contributed by atoms with Crippen LogP contribution < -0.4 is 14.8 Å². The summed E-state index contributed by atoms with van der Waals surface area (Å²) in [4.78, 5) is 25.2. The number of hydrogen-bond donors (Lipinski definition) is 1. The minimum absolute atomic E-state index is 0.0667. The normalized spacial score (nSPS) is 17.7. The van der Waals surface area contributed by atoms with Crippen molar-refractivity contribution in [2.24, 2.45) is 11.8 Å². The summed E-state index contributed by atoms with van der Waals surface area (Å²) in [5, 5.41) is 2.50. The van der Waals surface area contributed by atoms with E-state index in [-0.39, 0.29) is 52.2 Å². The fraction of sp³-hybridized carbons (Fsp3) is 0.429. The molecule has 2 atom stereocenters. The monoisotopic (exact) mass is 466 g/mol. The first kappa shape index (κ1) is 23.6. The van der Waals surface area contributed by atoms with Crippen LogP contribution in [-0.2, 0) is 26.2 Å². The zero-order chi connectivity index (χ0) is 23.6. The van der Waals surface area contributed by atoms with Crippen LogP contribution in [0, 0.1) is 11.8 Å². The van der Waals surface area contributed by atoms with Crippen LogP contribution in [0.1, 0.15) is 29.5 Å². The molecule has 2 aromatic rings. The van der Waals surface area contributed by atoms with Crippen molar-refractivity contribution in [1.29, 1.82) is 0 Å². The molecule has 1 fully saturated rings. The topological polar surface area (TPSA) is 124 Å². The van der Waals surface area contributed by atoms with E-state index in [1.807, 2.05) is 6.92 Å². The van der Waals surface area contributed by atoms with Crippen LogP contribution in [0.25, 0.3) is 0 Å². The second kappa shape index (κ2) is 9.21. The maximum Gasteiger partial charge on any atom is 0.340 e. The number of benzene rings is 1. The number of hydrogen-bond acceptors (Lipinski definition) is 8. The highest BCUT2D eigenvalue weighted by Crippen LogP contribution is 2.40. The maximum atomic E-state index is 12.8. The minimum atomic E-state index is -3.74. The lowest BCUT2D eigenvalue weighted by molar-refractivity contribution is -0.117. The average molecular weight is 467 g/mol. The van der Waals surface area contributed by atoms with Crippen LogP contribution in [0.2, 0.25) is 0 Å². The Balaban J connectivity index is 1.80. The van der Waals surface area contributed by atoms with Gasteiger partial charge in [-0.25, -0.2) is 17.5 Å². The molecule has 0 radical (unpaired) electrons. The Bertz CT molecular complexity index is 1120. The van der Waals surface area contributed by atoms with Gasteiger partial charge in [0.2, 0.25) is 11.0 Å². The Morgan fingerprint density at radius 1 is 1.16 bits per heavy atom. The summed E-state index contributed by atoms with van der Waals surface area (Å²) in [5.41, 5.74) is 0.295. The molecular formula is C21H26N2O8S. The Kier molecular flexibility index (Phi) is 6.79. The van der Waals surface area contributed by atoms with Crippen molar-refractivity contribution < 1.29 is 36.6 Å². The van der Waals surface area contributed by atoms with Crippen LogP contribution in [0.15, 0.2) is 33.8 Å². The van der Waals surface area contributed by atoms with E-state index >= 15 is 0 Å². The highest BCUT2D eigenvalue weighted by Gasteiger charge is 2.39. The molecule has 174 valence electrons. The Hall–Kier alpha value is -3.05. The zero-order valence-corrected chi connectivity index (χ0v) is 19.3. The molecule has 0 spiro atoms. The van der Waals surface area contributed by atoms with E-state index in [1.165, 1.54) is 52.6 Å². The third kappa shape index (κ3) is 4.89. The van der Waals surface area contributed by atoms with Gasteiger partial charge < -0.3 is 23.9 Å². The summed E-state index contributed by atoms with van der Waals surface area (Å²) in [6.45, 7) is 1.67. The molecule has 1 heterocycles. The van der Waals surface area contributed by atoms with Crippen molar-refractivity contribution in [2.45, 2.75) is 25.0 Å². The summed E-state index contributed by atoms with van der Waals surface area (Å²) in [5.74, 6) is 0.0187. The molecule has 1 aliphatic rings. The molecule has 1 saturated carbocycles. The number of anilines is 1. The second-order valence-corrected chi connectivity index (χ2v) is 9.73. The molecule has 1 amide bonds. The Morgan fingerprint density at radius 3 is 2.34 bits per heavy atom. The minimum Gasteiger partial charge on any atom is -0.493 e. The number of rotatable bonds is 9. The molecule has 11 heteroatoms. The largest absolute Gasteiger partial charge is 0.493 e. The van der Waals surface area contributed by atoms with Gasteiger partial charge in [-0.15, -0.1) is 0 Å². The van der Waals surface area contributed by atoms with Gasteiger partial charge in [-0.3, -0.25) is 4.79 Å². The van der Waals surface area contributed by atoms with Crippen molar-refractivity contribution >= 4 is 27.6 Å². The van der Waals surface area contributed by atoms with E-state index in [0.29, 0.717) is 5.75 Å². The van der Waals surface area contributed by atoms with Gasteiger partial charge in [0, 0.05) is 32.1 Å². The highest BCUT2D eigenvalue weighted by atomic mass is 32.2. The number of ether oxygens (including phenoxy) is 3. The number of nitrogens with zero attached hydrogens (tertiary/aromatic N) is 1. The molecule has 1 aromatic carbocycles. The van der Waals surface area contributed by atoms with E-state index in [1.54, 1.807) is 0 Å². The van der Waals surface area contributed by atoms with Gasteiger partial charge in [0.25, 0.3) is 10.0 Å². The fourth-order valence-electron chi connectivity index (χ4n) is 3.03. The van der Waals surface area contributed by atoms with E-state index < -0.39 is 16.0 Å². The molecule has 2 unspecified atom stereocenters. The van der Waals surface area contributed by atoms with Crippen LogP contribution >= 0.6 is 0 Å². The SMILES string of the molecule is COc1cc(NC(=O)C2CC2C)c(C(=O)OCc2ccc(S(=O)(=O)N(C)C)o2)cc1OC.